The minimum absolute atomic E-state index is 0.0977. The molecule has 1 atom stereocenters. The monoisotopic (exact) mass is 308 g/mol. The Morgan fingerprint density at radius 2 is 1.82 bits per heavy atom. The number of halogens is 3. The zero-order chi connectivity index (χ0) is 16.3. The van der Waals surface area contributed by atoms with Crippen LogP contribution in [0.15, 0.2) is 43.0 Å². The van der Waals surface area contributed by atoms with E-state index < -0.39 is 23.6 Å². The highest BCUT2D eigenvalue weighted by Gasteiger charge is 2.18. The van der Waals surface area contributed by atoms with Crippen molar-refractivity contribution in [2.45, 2.75) is 13.0 Å². The summed E-state index contributed by atoms with van der Waals surface area (Å²) < 4.78 is 47.0. The maximum atomic E-state index is 14.1. The molecule has 0 bridgehead atoms. The second-order valence-corrected chi connectivity index (χ2v) is 4.59. The summed E-state index contributed by atoms with van der Waals surface area (Å²) in [7, 11) is 0. The van der Waals surface area contributed by atoms with E-state index >= 15 is 0 Å². The Balaban J connectivity index is 2.48. The summed E-state index contributed by atoms with van der Waals surface area (Å²) in [6, 6.07) is 6.29. The lowest BCUT2D eigenvalue weighted by atomic mass is 10.00. The van der Waals surface area contributed by atoms with Gasteiger partial charge >= 0.3 is 0 Å². The number of ether oxygens (including phenoxy) is 1. The zero-order valence-electron chi connectivity index (χ0n) is 11.9. The van der Waals surface area contributed by atoms with E-state index in [0.29, 0.717) is 0 Å². The van der Waals surface area contributed by atoms with Gasteiger partial charge in [0.25, 0.3) is 0 Å². The van der Waals surface area contributed by atoms with Crippen LogP contribution in [0.4, 0.5) is 13.2 Å². The van der Waals surface area contributed by atoms with E-state index in [9.17, 15) is 18.3 Å². The fourth-order valence-electron chi connectivity index (χ4n) is 2.08. The van der Waals surface area contributed by atoms with E-state index in [2.05, 4.69) is 6.58 Å². The van der Waals surface area contributed by atoms with E-state index in [1.807, 2.05) is 0 Å². The van der Waals surface area contributed by atoms with E-state index in [4.69, 9.17) is 4.74 Å². The minimum atomic E-state index is -1.18. The van der Waals surface area contributed by atoms with Crippen molar-refractivity contribution in [3.63, 3.8) is 0 Å². The number of hydrogen-bond acceptors (Lipinski definition) is 2. The SMILES string of the molecule is C=CC(O)c1ccc(-c2ccc(OCC)c(F)c2F)c(F)c1. The molecule has 116 valence electrons. The first-order chi connectivity index (χ1) is 10.5. The van der Waals surface area contributed by atoms with Crippen LogP contribution in [-0.4, -0.2) is 11.7 Å². The van der Waals surface area contributed by atoms with Gasteiger partial charge in [0.2, 0.25) is 5.82 Å². The molecule has 0 fully saturated rings. The first-order valence-corrected chi connectivity index (χ1v) is 6.70. The zero-order valence-corrected chi connectivity index (χ0v) is 11.9. The standard InChI is InChI=1S/C17H15F3O2/c1-3-14(21)10-5-6-11(13(18)9-10)12-7-8-15(22-4-2)17(20)16(12)19/h3,5-9,14,21H,1,4H2,2H3. The third-order valence-corrected chi connectivity index (χ3v) is 3.19. The van der Waals surface area contributed by atoms with Crippen molar-refractivity contribution in [2.75, 3.05) is 6.61 Å². The van der Waals surface area contributed by atoms with Crippen LogP contribution in [0.3, 0.4) is 0 Å². The van der Waals surface area contributed by atoms with Crippen LogP contribution in [-0.2, 0) is 0 Å². The van der Waals surface area contributed by atoms with Crippen molar-refractivity contribution >= 4 is 0 Å². The summed E-state index contributed by atoms with van der Waals surface area (Å²) >= 11 is 0. The minimum Gasteiger partial charge on any atom is -0.491 e. The summed E-state index contributed by atoms with van der Waals surface area (Å²) in [5.41, 5.74) is -0.0272. The van der Waals surface area contributed by atoms with Crippen molar-refractivity contribution in [3.8, 4) is 16.9 Å². The molecule has 0 saturated heterocycles. The average Bonchev–Trinajstić information content (AvgIpc) is 2.52. The first-order valence-electron chi connectivity index (χ1n) is 6.70. The molecule has 5 heteroatoms. The summed E-state index contributed by atoms with van der Waals surface area (Å²) in [6.45, 7) is 5.24. The van der Waals surface area contributed by atoms with Gasteiger partial charge < -0.3 is 9.84 Å². The summed E-state index contributed by atoms with van der Waals surface area (Å²) in [5, 5.41) is 9.57. The largest absolute Gasteiger partial charge is 0.491 e. The van der Waals surface area contributed by atoms with Gasteiger partial charge in [-0.25, -0.2) is 8.78 Å². The summed E-state index contributed by atoms with van der Waals surface area (Å²) in [4.78, 5) is 0. The molecule has 0 aliphatic rings. The van der Waals surface area contributed by atoms with Gasteiger partial charge in [-0.15, -0.1) is 6.58 Å². The molecular formula is C17H15F3O2. The van der Waals surface area contributed by atoms with Crippen LogP contribution in [0, 0.1) is 17.5 Å². The van der Waals surface area contributed by atoms with Gasteiger partial charge in [0.05, 0.1) is 12.7 Å². The van der Waals surface area contributed by atoms with Crippen molar-refractivity contribution in [1.82, 2.24) is 0 Å². The Hall–Kier alpha value is -2.27. The molecule has 22 heavy (non-hydrogen) atoms. The van der Waals surface area contributed by atoms with E-state index in [0.717, 1.165) is 6.07 Å². The van der Waals surface area contributed by atoms with Gasteiger partial charge in [0, 0.05) is 11.1 Å². The van der Waals surface area contributed by atoms with Gasteiger partial charge in [-0.05, 0) is 30.7 Å². The smallest absolute Gasteiger partial charge is 0.201 e. The lowest BCUT2D eigenvalue weighted by Gasteiger charge is -2.12. The number of aliphatic hydroxyl groups is 1. The summed E-state index contributed by atoms with van der Waals surface area (Å²) in [6.07, 6.45) is 0.219. The predicted octanol–water partition coefficient (Wildman–Crippen LogP) is 4.39. The molecule has 0 amide bonds. The maximum Gasteiger partial charge on any atom is 0.201 e. The lowest BCUT2D eigenvalue weighted by molar-refractivity contribution is 0.228. The van der Waals surface area contributed by atoms with Crippen LogP contribution in [0.25, 0.3) is 11.1 Å². The third kappa shape index (κ3) is 2.99. The second kappa shape index (κ2) is 6.66. The second-order valence-electron chi connectivity index (χ2n) is 4.59. The Labute approximate surface area is 126 Å². The van der Waals surface area contributed by atoms with Crippen LogP contribution < -0.4 is 4.74 Å². The highest BCUT2D eigenvalue weighted by atomic mass is 19.2. The lowest BCUT2D eigenvalue weighted by Crippen LogP contribution is -2.00. The molecule has 0 spiro atoms. The van der Waals surface area contributed by atoms with Gasteiger partial charge in [-0.1, -0.05) is 18.2 Å². The molecule has 2 aromatic carbocycles. The van der Waals surface area contributed by atoms with Gasteiger partial charge in [-0.3, -0.25) is 0 Å². The van der Waals surface area contributed by atoms with Gasteiger partial charge in [0.15, 0.2) is 11.6 Å². The Morgan fingerprint density at radius 1 is 1.14 bits per heavy atom. The fraction of sp³-hybridized carbons (Fsp3) is 0.176. The molecule has 2 rings (SSSR count). The topological polar surface area (TPSA) is 29.5 Å². The number of rotatable bonds is 5. The van der Waals surface area contributed by atoms with Crippen LogP contribution in [0.1, 0.15) is 18.6 Å². The van der Waals surface area contributed by atoms with E-state index in [-0.39, 0.29) is 29.0 Å². The first kappa shape index (κ1) is 16.1. The molecule has 1 N–H and O–H groups in total. The van der Waals surface area contributed by atoms with E-state index in [1.165, 1.54) is 30.3 Å². The quantitative estimate of drug-likeness (QED) is 0.830. The molecule has 0 heterocycles. The molecule has 0 aliphatic carbocycles. The maximum absolute atomic E-state index is 14.1. The number of benzene rings is 2. The van der Waals surface area contributed by atoms with Crippen molar-refractivity contribution in [2.24, 2.45) is 0 Å². The van der Waals surface area contributed by atoms with Crippen LogP contribution in [0.2, 0.25) is 0 Å². The van der Waals surface area contributed by atoms with Crippen LogP contribution in [0.5, 0.6) is 5.75 Å². The molecule has 2 aromatic rings. The molecular weight excluding hydrogens is 293 g/mol. The number of hydrogen-bond donors (Lipinski definition) is 1. The average molecular weight is 308 g/mol. The van der Waals surface area contributed by atoms with Crippen molar-refractivity contribution in [1.29, 1.82) is 0 Å². The highest BCUT2D eigenvalue weighted by molar-refractivity contribution is 5.66. The molecule has 0 saturated carbocycles. The molecule has 1 unspecified atom stereocenters. The van der Waals surface area contributed by atoms with Gasteiger partial charge in [0.1, 0.15) is 5.82 Å². The summed E-state index contributed by atoms with van der Waals surface area (Å²) in [5.74, 6) is -3.32. The molecule has 2 nitrogen and oxygen atoms in total. The highest BCUT2D eigenvalue weighted by Crippen LogP contribution is 2.32. The predicted molar refractivity (Wildman–Crippen MR) is 78.1 cm³/mol. The molecule has 0 aromatic heterocycles. The normalized spacial score (nSPS) is 12.0. The van der Waals surface area contributed by atoms with Crippen molar-refractivity contribution in [3.05, 3.63) is 66.0 Å². The number of aliphatic hydroxyl groups excluding tert-OH is 1. The van der Waals surface area contributed by atoms with E-state index in [1.54, 1.807) is 6.92 Å². The Morgan fingerprint density at radius 3 is 2.41 bits per heavy atom. The van der Waals surface area contributed by atoms with Gasteiger partial charge in [-0.2, -0.15) is 4.39 Å². The third-order valence-electron chi connectivity index (χ3n) is 3.19. The molecule has 0 aliphatic heterocycles. The Bertz CT molecular complexity index is 699. The van der Waals surface area contributed by atoms with Crippen LogP contribution >= 0.6 is 0 Å². The fourth-order valence-corrected chi connectivity index (χ4v) is 2.08. The molecule has 0 radical (unpaired) electrons. The Kier molecular flexibility index (Phi) is 4.88. The van der Waals surface area contributed by atoms with Crippen molar-refractivity contribution < 1.29 is 23.0 Å².